The van der Waals surface area contributed by atoms with Gasteiger partial charge in [-0.3, -0.25) is 4.79 Å². The van der Waals surface area contributed by atoms with E-state index in [1.807, 2.05) is 18.2 Å². The number of amides is 1. The molecule has 0 aromatic heterocycles. The van der Waals surface area contributed by atoms with Gasteiger partial charge < -0.3 is 10.0 Å². The minimum atomic E-state index is -0.879. The summed E-state index contributed by atoms with van der Waals surface area (Å²) in [6.07, 6.45) is 3.47. The molecule has 22 heavy (non-hydrogen) atoms. The quantitative estimate of drug-likeness (QED) is 0.908. The van der Waals surface area contributed by atoms with E-state index in [2.05, 4.69) is 26.0 Å². The van der Waals surface area contributed by atoms with Crippen molar-refractivity contribution in [1.29, 1.82) is 0 Å². The first kappa shape index (κ1) is 16.5. The van der Waals surface area contributed by atoms with Gasteiger partial charge in [0, 0.05) is 13.0 Å². The molecule has 0 spiro atoms. The normalized spacial score (nSPS) is 19.0. The van der Waals surface area contributed by atoms with Gasteiger partial charge in [0.25, 0.3) is 0 Å². The summed E-state index contributed by atoms with van der Waals surface area (Å²) in [5.74, 6) is -0.911. The van der Waals surface area contributed by atoms with E-state index >= 15 is 0 Å². The van der Waals surface area contributed by atoms with Crippen molar-refractivity contribution < 1.29 is 14.7 Å². The largest absolute Gasteiger partial charge is 0.480 e. The van der Waals surface area contributed by atoms with Crippen molar-refractivity contribution in [3.8, 4) is 0 Å². The minimum Gasteiger partial charge on any atom is -0.480 e. The molecule has 1 amide bonds. The van der Waals surface area contributed by atoms with E-state index in [-0.39, 0.29) is 11.3 Å². The van der Waals surface area contributed by atoms with E-state index in [0.717, 1.165) is 19.3 Å². The van der Waals surface area contributed by atoms with E-state index in [9.17, 15) is 14.7 Å². The van der Waals surface area contributed by atoms with Gasteiger partial charge >= 0.3 is 5.97 Å². The van der Waals surface area contributed by atoms with E-state index in [4.69, 9.17) is 0 Å². The van der Waals surface area contributed by atoms with Gasteiger partial charge in [-0.1, -0.05) is 44.2 Å². The smallest absolute Gasteiger partial charge is 0.326 e. The molecule has 1 unspecified atom stereocenters. The topological polar surface area (TPSA) is 57.6 Å². The molecule has 1 fully saturated rings. The van der Waals surface area contributed by atoms with Crippen LogP contribution in [0.5, 0.6) is 0 Å². The van der Waals surface area contributed by atoms with Crippen LogP contribution in [0.3, 0.4) is 0 Å². The molecule has 0 radical (unpaired) electrons. The number of carboxylic acids is 1. The zero-order valence-electron chi connectivity index (χ0n) is 13.4. The number of piperidine rings is 1. The second kappa shape index (κ2) is 6.95. The van der Waals surface area contributed by atoms with Crippen LogP contribution in [0.2, 0.25) is 0 Å². The average molecular weight is 303 g/mol. The minimum absolute atomic E-state index is 0.0314. The summed E-state index contributed by atoms with van der Waals surface area (Å²) in [6, 6.07) is 9.50. The first-order valence-corrected chi connectivity index (χ1v) is 7.99. The highest BCUT2D eigenvalue weighted by molar-refractivity contribution is 5.83. The third-order valence-electron chi connectivity index (χ3n) is 4.63. The summed E-state index contributed by atoms with van der Waals surface area (Å²) in [6.45, 7) is 4.82. The number of hydrogen-bond acceptors (Lipinski definition) is 2. The van der Waals surface area contributed by atoms with Gasteiger partial charge in [-0.2, -0.15) is 0 Å². The predicted octanol–water partition coefficient (Wildman–Crippen LogP) is 3.21. The lowest BCUT2D eigenvalue weighted by atomic mass is 9.80. The average Bonchev–Trinajstić information content (AvgIpc) is 2.53. The van der Waals surface area contributed by atoms with Crippen LogP contribution in [0, 0.1) is 0 Å². The summed E-state index contributed by atoms with van der Waals surface area (Å²) < 4.78 is 0. The standard InChI is InChI=1S/C18H25NO3/c1-18(2,14-8-4-3-5-9-14)12-11-16(20)19-13-7-6-10-15(19)17(21)22/h3-5,8-9,15H,6-7,10-13H2,1-2H3,(H,21,22). The lowest BCUT2D eigenvalue weighted by Crippen LogP contribution is -2.48. The molecule has 4 nitrogen and oxygen atoms in total. The molecular formula is C18H25NO3. The lowest BCUT2D eigenvalue weighted by molar-refractivity contribution is -0.152. The monoisotopic (exact) mass is 303 g/mol. The van der Waals surface area contributed by atoms with E-state index < -0.39 is 12.0 Å². The molecule has 1 N–H and O–H groups in total. The Kier molecular flexibility index (Phi) is 5.22. The Labute approximate surface area is 132 Å². The Hall–Kier alpha value is -1.84. The molecular weight excluding hydrogens is 278 g/mol. The highest BCUT2D eigenvalue weighted by Crippen LogP contribution is 2.29. The highest BCUT2D eigenvalue weighted by Gasteiger charge is 2.32. The lowest BCUT2D eigenvalue weighted by Gasteiger charge is -2.34. The van der Waals surface area contributed by atoms with Crippen LogP contribution < -0.4 is 0 Å². The Balaban J connectivity index is 1.98. The maximum absolute atomic E-state index is 12.5. The zero-order chi connectivity index (χ0) is 16.2. The fourth-order valence-electron chi connectivity index (χ4n) is 3.08. The number of likely N-dealkylation sites (tertiary alicyclic amines) is 1. The SMILES string of the molecule is CC(C)(CCC(=O)N1CCCCC1C(=O)O)c1ccccc1. The van der Waals surface area contributed by atoms with Crippen LogP contribution in [0.1, 0.15) is 51.5 Å². The van der Waals surface area contributed by atoms with E-state index in [1.54, 1.807) is 4.90 Å². The number of nitrogens with zero attached hydrogens (tertiary/aromatic N) is 1. The molecule has 0 bridgehead atoms. The van der Waals surface area contributed by atoms with Gasteiger partial charge in [0.15, 0.2) is 0 Å². The molecule has 120 valence electrons. The summed E-state index contributed by atoms with van der Waals surface area (Å²) in [5.41, 5.74) is 1.11. The van der Waals surface area contributed by atoms with Crippen molar-refractivity contribution in [3.63, 3.8) is 0 Å². The number of carboxylic acid groups (broad SMARTS) is 1. The van der Waals surface area contributed by atoms with Crippen molar-refractivity contribution in [3.05, 3.63) is 35.9 Å². The zero-order valence-corrected chi connectivity index (χ0v) is 13.4. The van der Waals surface area contributed by atoms with Gasteiger partial charge in [0.2, 0.25) is 5.91 Å². The molecule has 1 aliphatic heterocycles. The van der Waals surface area contributed by atoms with Gasteiger partial charge in [-0.15, -0.1) is 0 Å². The fourth-order valence-corrected chi connectivity index (χ4v) is 3.08. The molecule has 2 rings (SSSR count). The van der Waals surface area contributed by atoms with E-state index in [0.29, 0.717) is 19.4 Å². The number of aliphatic carboxylic acids is 1. The van der Waals surface area contributed by atoms with Crippen molar-refractivity contribution in [2.75, 3.05) is 6.54 Å². The molecule has 4 heteroatoms. The number of carbonyl (C=O) groups is 2. The molecule has 0 aliphatic carbocycles. The Morgan fingerprint density at radius 3 is 2.55 bits per heavy atom. The van der Waals surface area contributed by atoms with E-state index in [1.165, 1.54) is 5.56 Å². The van der Waals surface area contributed by atoms with Gasteiger partial charge in [-0.25, -0.2) is 4.79 Å². The van der Waals surface area contributed by atoms with Crippen LogP contribution in [-0.4, -0.2) is 34.5 Å². The van der Waals surface area contributed by atoms with Crippen molar-refractivity contribution in [1.82, 2.24) is 4.90 Å². The summed E-state index contributed by atoms with van der Waals surface area (Å²) in [7, 11) is 0. The maximum Gasteiger partial charge on any atom is 0.326 e. The van der Waals surface area contributed by atoms with Crippen LogP contribution in [-0.2, 0) is 15.0 Å². The summed E-state index contributed by atoms with van der Waals surface area (Å²) >= 11 is 0. The molecule has 1 aromatic rings. The van der Waals surface area contributed by atoms with Crippen LogP contribution >= 0.6 is 0 Å². The third-order valence-corrected chi connectivity index (χ3v) is 4.63. The fraction of sp³-hybridized carbons (Fsp3) is 0.556. The number of rotatable bonds is 5. The predicted molar refractivity (Wildman–Crippen MR) is 85.7 cm³/mol. The Bertz CT molecular complexity index is 524. The van der Waals surface area contributed by atoms with Crippen LogP contribution in [0.4, 0.5) is 0 Å². The first-order valence-electron chi connectivity index (χ1n) is 7.99. The maximum atomic E-state index is 12.5. The van der Waals surface area contributed by atoms with Crippen molar-refractivity contribution in [2.24, 2.45) is 0 Å². The van der Waals surface area contributed by atoms with Crippen LogP contribution in [0.15, 0.2) is 30.3 Å². The number of carbonyl (C=O) groups excluding carboxylic acids is 1. The molecule has 1 aromatic carbocycles. The van der Waals surface area contributed by atoms with Gasteiger partial charge in [-0.05, 0) is 36.7 Å². The molecule has 0 saturated carbocycles. The molecule has 1 heterocycles. The third kappa shape index (κ3) is 3.87. The second-order valence-corrected chi connectivity index (χ2v) is 6.69. The Morgan fingerprint density at radius 1 is 1.23 bits per heavy atom. The van der Waals surface area contributed by atoms with Crippen molar-refractivity contribution in [2.45, 2.75) is 57.4 Å². The van der Waals surface area contributed by atoms with Crippen LogP contribution in [0.25, 0.3) is 0 Å². The number of hydrogen-bond donors (Lipinski definition) is 1. The molecule has 1 saturated heterocycles. The summed E-state index contributed by atoms with van der Waals surface area (Å²) in [5, 5.41) is 9.27. The Morgan fingerprint density at radius 2 is 1.91 bits per heavy atom. The highest BCUT2D eigenvalue weighted by atomic mass is 16.4. The van der Waals surface area contributed by atoms with Gasteiger partial charge in [0.1, 0.15) is 6.04 Å². The second-order valence-electron chi connectivity index (χ2n) is 6.69. The van der Waals surface area contributed by atoms with Gasteiger partial charge in [0.05, 0.1) is 0 Å². The number of benzene rings is 1. The molecule has 1 aliphatic rings. The summed E-state index contributed by atoms with van der Waals surface area (Å²) in [4.78, 5) is 25.3. The molecule has 1 atom stereocenters. The van der Waals surface area contributed by atoms with Crippen molar-refractivity contribution >= 4 is 11.9 Å². The first-order chi connectivity index (χ1) is 10.4.